The second-order valence-electron chi connectivity index (χ2n) is 2.97. The van der Waals surface area contributed by atoms with Crippen molar-refractivity contribution < 1.29 is 14.7 Å². The van der Waals surface area contributed by atoms with Crippen LogP contribution in [0.5, 0.6) is 0 Å². The monoisotopic (exact) mass is 284 g/mol. The molecule has 0 saturated heterocycles. The molecular formula is C10H9BrN2O3. The van der Waals surface area contributed by atoms with Gasteiger partial charge in [-0.25, -0.2) is 4.79 Å². The van der Waals surface area contributed by atoms with Crippen LogP contribution in [0, 0.1) is 12.3 Å². The van der Waals surface area contributed by atoms with Crippen molar-refractivity contribution in [1.82, 2.24) is 9.88 Å². The SMILES string of the molecule is C#CCNC(=O)Cn1cc(C(=O)O)cc1Br. The topological polar surface area (TPSA) is 71.3 Å². The third-order valence-corrected chi connectivity index (χ3v) is 2.48. The summed E-state index contributed by atoms with van der Waals surface area (Å²) in [5, 5.41) is 11.2. The molecule has 5 nitrogen and oxygen atoms in total. The van der Waals surface area contributed by atoms with Crippen molar-refractivity contribution in [3.63, 3.8) is 0 Å². The van der Waals surface area contributed by atoms with E-state index >= 15 is 0 Å². The van der Waals surface area contributed by atoms with Crippen molar-refractivity contribution in [2.45, 2.75) is 6.54 Å². The maximum Gasteiger partial charge on any atom is 0.337 e. The van der Waals surface area contributed by atoms with Crippen LogP contribution in [0.4, 0.5) is 0 Å². The first-order chi connectivity index (χ1) is 7.54. The van der Waals surface area contributed by atoms with Gasteiger partial charge < -0.3 is 15.0 Å². The minimum atomic E-state index is -1.04. The van der Waals surface area contributed by atoms with Crippen molar-refractivity contribution in [2.75, 3.05) is 6.54 Å². The Balaban J connectivity index is 2.71. The Morgan fingerprint density at radius 2 is 2.31 bits per heavy atom. The van der Waals surface area contributed by atoms with E-state index in [1.54, 1.807) is 0 Å². The second kappa shape index (κ2) is 5.37. The Hall–Kier alpha value is -1.74. The molecule has 1 amide bonds. The minimum absolute atomic E-state index is 0.0234. The quantitative estimate of drug-likeness (QED) is 0.800. The number of hydrogen-bond donors (Lipinski definition) is 2. The van der Waals surface area contributed by atoms with Crippen LogP contribution in [-0.4, -0.2) is 28.1 Å². The van der Waals surface area contributed by atoms with Crippen LogP contribution in [-0.2, 0) is 11.3 Å². The van der Waals surface area contributed by atoms with Crippen LogP contribution in [0.15, 0.2) is 16.9 Å². The fourth-order valence-electron chi connectivity index (χ4n) is 1.08. The lowest BCUT2D eigenvalue weighted by Gasteiger charge is -2.04. The third-order valence-electron chi connectivity index (χ3n) is 1.79. The summed E-state index contributed by atoms with van der Waals surface area (Å²) in [6, 6.07) is 1.43. The predicted molar refractivity (Wildman–Crippen MR) is 60.9 cm³/mol. The van der Waals surface area contributed by atoms with Crippen molar-refractivity contribution in [1.29, 1.82) is 0 Å². The molecule has 0 saturated carbocycles. The molecule has 16 heavy (non-hydrogen) atoms. The number of carboxylic acid groups (broad SMARTS) is 1. The Kier molecular flexibility index (Phi) is 4.14. The average Bonchev–Trinajstić information content (AvgIpc) is 2.57. The maximum absolute atomic E-state index is 11.3. The summed E-state index contributed by atoms with van der Waals surface area (Å²) in [5.41, 5.74) is 0.122. The molecule has 1 rings (SSSR count). The summed E-state index contributed by atoms with van der Waals surface area (Å²) < 4.78 is 2.01. The largest absolute Gasteiger partial charge is 0.478 e. The molecule has 0 fully saturated rings. The number of aromatic nitrogens is 1. The molecule has 0 aromatic carbocycles. The Morgan fingerprint density at radius 1 is 1.62 bits per heavy atom. The second-order valence-corrected chi connectivity index (χ2v) is 3.78. The van der Waals surface area contributed by atoms with E-state index < -0.39 is 5.97 Å². The van der Waals surface area contributed by atoms with E-state index in [9.17, 15) is 9.59 Å². The number of nitrogens with zero attached hydrogens (tertiary/aromatic N) is 1. The first-order valence-corrected chi connectivity index (χ1v) is 5.13. The Bertz CT molecular complexity index is 459. The summed E-state index contributed by atoms with van der Waals surface area (Å²) in [5.74, 6) is 0.965. The zero-order chi connectivity index (χ0) is 12.1. The van der Waals surface area contributed by atoms with Gasteiger partial charge in [-0.05, 0) is 22.0 Å². The number of amides is 1. The molecule has 0 radical (unpaired) electrons. The summed E-state index contributed by atoms with van der Waals surface area (Å²) >= 11 is 3.16. The van der Waals surface area contributed by atoms with E-state index in [0.717, 1.165) is 0 Å². The van der Waals surface area contributed by atoms with Gasteiger partial charge >= 0.3 is 5.97 Å². The Labute approximate surface area is 101 Å². The molecule has 1 aromatic heterocycles. The van der Waals surface area contributed by atoms with Crippen molar-refractivity contribution in [2.24, 2.45) is 0 Å². The van der Waals surface area contributed by atoms with Crippen molar-refractivity contribution in [3.05, 3.63) is 22.4 Å². The van der Waals surface area contributed by atoms with Gasteiger partial charge in [0.25, 0.3) is 0 Å². The number of halogens is 1. The van der Waals surface area contributed by atoms with E-state index in [1.807, 2.05) is 0 Å². The number of terminal acetylenes is 1. The lowest BCUT2D eigenvalue weighted by atomic mass is 10.4. The zero-order valence-electron chi connectivity index (χ0n) is 8.24. The van der Waals surface area contributed by atoms with Crippen LogP contribution in [0.1, 0.15) is 10.4 Å². The van der Waals surface area contributed by atoms with Crippen molar-refractivity contribution >= 4 is 27.8 Å². The molecule has 1 heterocycles. The lowest BCUT2D eigenvalue weighted by Crippen LogP contribution is -2.27. The van der Waals surface area contributed by atoms with E-state index in [2.05, 4.69) is 27.2 Å². The number of nitrogens with one attached hydrogen (secondary N) is 1. The van der Waals surface area contributed by atoms with Crippen LogP contribution in [0.3, 0.4) is 0 Å². The molecule has 1 aromatic rings. The van der Waals surface area contributed by atoms with Crippen LogP contribution >= 0.6 is 15.9 Å². The zero-order valence-corrected chi connectivity index (χ0v) is 9.82. The molecule has 0 atom stereocenters. The third kappa shape index (κ3) is 3.14. The summed E-state index contributed by atoms with van der Waals surface area (Å²) in [7, 11) is 0. The van der Waals surface area contributed by atoms with E-state index in [4.69, 9.17) is 11.5 Å². The molecule has 84 valence electrons. The van der Waals surface area contributed by atoms with Gasteiger partial charge in [-0.15, -0.1) is 6.42 Å². The smallest absolute Gasteiger partial charge is 0.337 e. The fourth-order valence-corrected chi connectivity index (χ4v) is 1.55. The standard InChI is InChI=1S/C10H9BrN2O3/c1-2-3-12-9(14)6-13-5-7(10(15)16)4-8(13)11/h1,4-5H,3,6H2,(H,12,14)(H,15,16). The first-order valence-electron chi connectivity index (χ1n) is 4.33. The highest BCUT2D eigenvalue weighted by Gasteiger charge is 2.11. The molecule has 0 aliphatic carbocycles. The van der Waals surface area contributed by atoms with Gasteiger partial charge in [0, 0.05) is 6.20 Å². The molecule has 2 N–H and O–H groups in total. The van der Waals surface area contributed by atoms with Gasteiger partial charge in [-0.2, -0.15) is 0 Å². The number of aromatic carboxylic acids is 1. The Morgan fingerprint density at radius 3 is 2.81 bits per heavy atom. The summed E-state index contributed by atoms with van der Waals surface area (Å²) in [4.78, 5) is 22.0. The highest BCUT2D eigenvalue weighted by atomic mass is 79.9. The number of rotatable bonds is 4. The minimum Gasteiger partial charge on any atom is -0.478 e. The van der Waals surface area contributed by atoms with Gasteiger partial charge in [0.1, 0.15) is 6.54 Å². The van der Waals surface area contributed by atoms with E-state index in [0.29, 0.717) is 4.60 Å². The predicted octanol–water partition coefficient (Wildman–Crippen LogP) is 0.698. The fraction of sp³-hybridized carbons (Fsp3) is 0.200. The lowest BCUT2D eigenvalue weighted by molar-refractivity contribution is -0.121. The van der Waals surface area contributed by atoms with E-state index in [1.165, 1.54) is 16.8 Å². The molecule has 0 spiro atoms. The van der Waals surface area contributed by atoms with Gasteiger partial charge in [0.05, 0.1) is 16.7 Å². The molecular weight excluding hydrogens is 276 g/mol. The highest BCUT2D eigenvalue weighted by molar-refractivity contribution is 9.10. The van der Waals surface area contributed by atoms with Gasteiger partial charge in [-0.3, -0.25) is 4.79 Å². The number of carbonyl (C=O) groups is 2. The molecule has 6 heteroatoms. The van der Waals surface area contributed by atoms with E-state index in [-0.39, 0.29) is 24.6 Å². The van der Waals surface area contributed by atoms with Crippen LogP contribution in [0.2, 0.25) is 0 Å². The van der Waals surface area contributed by atoms with Crippen molar-refractivity contribution in [3.8, 4) is 12.3 Å². The molecule has 0 unspecified atom stereocenters. The molecule has 0 aliphatic rings. The summed E-state index contributed by atoms with van der Waals surface area (Å²) in [6.45, 7) is 0.180. The number of hydrogen-bond acceptors (Lipinski definition) is 2. The van der Waals surface area contributed by atoms with Crippen LogP contribution < -0.4 is 5.32 Å². The number of carboxylic acids is 1. The number of carbonyl (C=O) groups excluding carboxylic acids is 1. The summed E-state index contributed by atoms with van der Waals surface area (Å²) in [6.07, 6.45) is 6.36. The molecule has 0 bridgehead atoms. The van der Waals surface area contributed by atoms with Gasteiger partial charge in [-0.1, -0.05) is 5.92 Å². The van der Waals surface area contributed by atoms with Gasteiger partial charge in [0.15, 0.2) is 0 Å². The van der Waals surface area contributed by atoms with Gasteiger partial charge in [0.2, 0.25) is 5.91 Å². The average molecular weight is 285 g/mol. The first kappa shape index (κ1) is 12.3. The molecule has 0 aliphatic heterocycles. The van der Waals surface area contributed by atoms with Crippen LogP contribution in [0.25, 0.3) is 0 Å². The highest BCUT2D eigenvalue weighted by Crippen LogP contribution is 2.15. The maximum atomic E-state index is 11.3. The normalized spacial score (nSPS) is 9.50.